The van der Waals surface area contributed by atoms with Crippen LogP contribution >= 0.6 is 0 Å². The topological polar surface area (TPSA) is 49.0 Å². The maximum Gasteiger partial charge on any atom is 0.268 e. The minimum absolute atomic E-state index is 0. The minimum atomic E-state index is -0.141. The molecule has 0 saturated heterocycles. The van der Waals surface area contributed by atoms with Gasteiger partial charge in [-0.3, -0.25) is 4.57 Å². The zero-order valence-electron chi connectivity index (χ0n) is 59.3. The standard InChI is InChI=1S/C92H82N4O2.Pt/c1-88(2,3)61-40-41-93-85(52-61)96-80-32-20-18-28-73(80)74-38-36-68(54-81(74)96)97-67-25-22-24-66(53-67)94-55-95-86-69(60-44-64(91(10,11)12)51-65(45-60)92(13,14)15)30-23-31-76(86)77-46-56(58-42-62(89(4,5)6)50-63(43-58)90(7,8)9)34-37-72(77)70-26-16-17-27-71(70)79-48-59(49-82(94)87(79)95)57-35-39-84-78(47-57)75-29-19-21-33-83(75)98-84;/h16-52H,1-15H3;/q-2;. The van der Waals surface area contributed by atoms with Crippen LogP contribution in [0.2, 0.25) is 0 Å². The van der Waals surface area contributed by atoms with Gasteiger partial charge in [-0.05, 0) is 181 Å². The maximum absolute atomic E-state index is 7.02. The molecule has 0 saturated carbocycles. The molecule has 0 aliphatic carbocycles. The first-order valence-electron chi connectivity index (χ1n) is 34.5. The Morgan fingerprint density at radius 2 is 0.919 bits per heavy atom. The Hall–Kier alpha value is -9.87. The zero-order valence-corrected chi connectivity index (χ0v) is 61.6. The summed E-state index contributed by atoms with van der Waals surface area (Å²) < 4.78 is 20.3. The fourth-order valence-electron chi connectivity index (χ4n) is 14.5. The average molecular weight is 1470 g/mol. The van der Waals surface area contributed by atoms with Gasteiger partial charge >= 0.3 is 0 Å². The summed E-state index contributed by atoms with van der Waals surface area (Å²) in [5.74, 6) is 1.93. The largest absolute Gasteiger partial charge is 0.510 e. The van der Waals surface area contributed by atoms with E-state index >= 15 is 0 Å². The van der Waals surface area contributed by atoms with Gasteiger partial charge in [0.25, 0.3) is 6.33 Å². The Labute approximate surface area is 596 Å². The summed E-state index contributed by atoms with van der Waals surface area (Å²) in [7, 11) is 0. The van der Waals surface area contributed by atoms with E-state index in [2.05, 4.69) is 336 Å². The molecule has 0 spiro atoms. The van der Waals surface area contributed by atoms with Gasteiger partial charge in [0.15, 0.2) is 0 Å². The Morgan fingerprint density at radius 3 is 1.62 bits per heavy atom. The van der Waals surface area contributed by atoms with Crippen molar-refractivity contribution >= 4 is 54.8 Å². The zero-order chi connectivity index (χ0) is 68.1. The predicted molar refractivity (Wildman–Crippen MR) is 407 cm³/mol. The summed E-state index contributed by atoms with van der Waals surface area (Å²) >= 11 is 0. The van der Waals surface area contributed by atoms with Gasteiger partial charge in [-0.15, -0.1) is 29.7 Å². The quantitative estimate of drug-likeness (QED) is 0.118. The Kier molecular flexibility index (Phi) is 15.6. The normalized spacial score (nSPS) is 12.7. The number of fused-ring (bicyclic) bond motifs is 13. The molecule has 15 aromatic rings. The van der Waals surface area contributed by atoms with E-state index in [4.69, 9.17) is 14.1 Å². The van der Waals surface area contributed by atoms with Crippen molar-refractivity contribution in [1.29, 1.82) is 0 Å². The number of imidazole rings is 1. The van der Waals surface area contributed by atoms with Gasteiger partial charge in [-0.1, -0.05) is 249 Å². The van der Waals surface area contributed by atoms with Crippen molar-refractivity contribution in [2.45, 2.75) is 131 Å². The second-order valence-electron chi connectivity index (χ2n) is 32.2. The van der Waals surface area contributed by atoms with Gasteiger partial charge in [0.2, 0.25) is 0 Å². The van der Waals surface area contributed by atoms with E-state index in [-0.39, 0.29) is 48.1 Å². The molecule has 1 aliphatic heterocycles. The van der Waals surface area contributed by atoms with Crippen LogP contribution < -0.4 is 9.30 Å². The summed E-state index contributed by atoms with van der Waals surface area (Å²) in [4.78, 5) is 4.97. The molecule has 0 bridgehead atoms. The average Bonchev–Trinajstić information content (AvgIpc) is 1.59. The first kappa shape index (κ1) is 65.1. The fourth-order valence-corrected chi connectivity index (χ4v) is 14.5. The molecule has 7 heteroatoms. The van der Waals surface area contributed by atoms with Crippen LogP contribution in [0.3, 0.4) is 0 Å². The molecule has 0 radical (unpaired) electrons. The van der Waals surface area contributed by atoms with Crippen LogP contribution in [0, 0.1) is 18.5 Å². The van der Waals surface area contributed by atoms with Gasteiger partial charge in [-0.25, -0.2) is 4.98 Å². The van der Waals surface area contributed by atoms with Gasteiger partial charge in [0, 0.05) is 55.1 Å². The van der Waals surface area contributed by atoms with Crippen LogP contribution in [-0.4, -0.2) is 14.1 Å². The van der Waals surface area contributed by atoms with Gasteiger partial charge in [-0.2, -0.15) is 18.2 Å². The monoisotopic (exact) mass is 1470 g/mol. The molecule has 16 rings (SSSR count). The fraction of sp³-hybridized carbons (Fsp3) is 0.217. The van der Waals surface area contributed by atoms with Crippen LogP contribution in [0.25, 0.3) is 139 Å². The van der Waals surface area contributed by atoms with Gasteiger partial charge in [0.05, 0.1) is 16.7 Å². The molecular weight excluding hydrogens is 1390 g/mol. The summed E-state index contributed by atoms with van der Waals surface area (Å²) in [6.07, 6.45) is 6.08. The van der Waals surface area contributed by atoms with E-state index in [0.717, 1.165) is 133 Å². The number of furan rings is 1. The second kappa shape index (κ2) is 23.7. The molecule has 0 atom stereocenters. The number of rotatable bonds is 7. The third kappa shape index (κ3) is 11.5. The van der Waals surface area contributed by atoms with Crippen molar-refractivity contribution in [3.8, 4) is 95.5 Å². The Morgan fingerprint density at radius 1 is 0.374 bits per heavy atom. The number of ether oxygens (including phenoxy) is 1. The van der Waals surface area contributed by atoms with Crippen LogP contribution in [-0.2, 0) is 48.1 Å². The van der Waals surface area contributed by atoms with E-state index in [1.165, 1.54) is 33.4 Å². The first-order valence-corrected chi connectivity index (χ1v) is 34.5. The number of para-hydroxylation sites is 3. The summed E-state index contributed by atoms with van der Waals surface area (Å²) in [6.45, 7) is 34.6. The van der Waals surface area contributed by atoms with Crippen LogP contribution in [0.5, 0.6) is 11.5 Å². The first-order chi connectivity index (χ1) is 46.7. The van der Waals surface area contributed by atoms with Crippen molar-refractivity contribution in [2.75, 3.05) is 0 Å². The molecule has 4 aromatic heterocycles. The number of benzene rings is 11. The number of pyridine rings is 1. The van der Waals surface area contributed by atoms with Gasteiger partial charge in [0.1, 0.15) is 17.0 Å². The van der Waals surface area contributed by atoms with E-state index in [1.54, 1.807) is 0 Å². The van der Waals surface area contributed by atoms with Gasteiger partial charge < -0.3 is 18.3 Å². The molecule has 0 N–H and O–H groups in total. The Bertz CT molecular complexity index is 5690. The Balaban J connectivity index is 0.00000798. The molecule has 1 aliphatic rings. The van der Waals surface area contributed by atoms with Crippen LogP contribution in [0.4, 0.5) is 0 Å². The molecular formula is C92H82N4O2Pt-2. The van der Waals surface area contributed by atoms with Crippen molar-refractivity contribution in [1.82, 2.24) is 14.1 Å². The minimum Gasteiger partial charge on any atom is -0.510 e. The molecule has 0 unspecified atom stereocenters. The molecule has 99 heavy (non-hydrogen) atoms. The van der Waals surface area contributed by atoms with E-state index in [0.29, 0.717) is 11.5 Å². The van der Waals surface area contributed by atoms with E-state index < -0.39 is 0 Å². The SMILES string of the molecule is CC(C)(C)c1cc(-c2ccc3c(c2)-c2cccc(-c4cc(C(C)(C)C)cc(C(C)(C)C)c4)c2-[n+]2[c-]n(-c4[c-]c(Oc5[c-]c6c(cc5)c5ccccc5n6-c5cc(C(C)(C)C)ccn5)ccc4)c4cc(-c5ccc6oc7ccccc7c6c5)cc(c42)-c2ccccc2-3)cc(C(C)(C)C)c1.[Pt]. The summed E-state index contributed by atoms with van der Waals surface area (Å²) in [6, 6.07) is 88.2. The molecule has 494 valence electrons. The molecule has 0 fully saturated rings. The van der Waals surface area contributed by atoms with E-state index in [9.17, 15) is 0 Å². The second-order valence-corrected chi connectivity index (χ2v) is 32.2. The van der Waals surface area contributed by atoms with Crippen molar-refractivity contribution in [3.05, 3.63) is 271 Å². The third-order valence-electron chi connectivity index (χ3n) is 20.1. The molecule has 0 amide bonds. The molecule has 5 heterocycles. The van der Waals surface area contributed by atoms with E-state index in [1.807, 2.05) is 24.4 Å². The predicted octanol–water partition coefficient (Wildman–Crippen LogP) is 24.3. The van der Waals surface area contributed by atoms with Crippen LogP contribution in [0.1, 0.15) is 132 Å². The summed E-state index contributed by atoms with van der Waals surface area (Å²) in [5, 5.41) is 4.33. The van der Waals surface area contributed by atoms with Crippen LogP contribution in [0.15, 0.2) is 229 Å². The molecule has 11 aromatic carbocycles. The number of aromatic nitrogens is 4. The van der Waals surface area contributed by atoms with Crippen molar-refractivity contribution < 1.29 is 34.8 Å². The number of hydrogen-bond donors (Lipinski definition) is 0. The van der Waals surface area contributed by atoms with Crippen molar-refractivity contribution in [2.24, 2.45) is 0 Å². The third-order valence-corrected chi connectivity index (χ3v) is 20.1. The summed E-state index contributed by atoms with van der Waals surface area (Å²) in [5.41, 5.74) is 26.7. The number of nitrogens with zero attached hydrogens (tertiary/aromatic N) is 4. The maximum atomic E-state index is 7.02. The molecule has 6 nitrogen and oxygen atoms in total. The van der Waals surface area contributed by atoms with Crippen molar-refractivity contribution in [3.63, 3.8) is 0 Å². The smallest absolute Gasteiger partial charge is 0.268 e. The number of hydrogen-bond acceptors (Lipinski definition) is 3.